The highest BCUT2D eigenvalue weighted by Crippen LogP contribution is 2.52. The minimum atomic E-state index is -3.96. The molecule has 2 bridgehead atoms. The zero-order valence-electron chi connectivity index (χ0n) is 19.6. The summed E-state index contributed by atoms with van der Waals surface area (Å²) < 4.78 is 59.3. The van der Waals surface area contributed by atoms with E-state index in [0.717, 1.165) is 12.1 Å². The Labute approximate surface area is 213 Å². The molecule has 2 aromatic carbocycles. The quantitative estimate of drug-likeness (QED) is 0.464. The van der Waals surface area contributed by atoms with Gasteiger partial charge in [0.25, 0.3) is 5.91 Å². The number of amides is 1. The number of nitrogens with one attached hydrogen (secondary N) is 1. The third-order valence-corrected chi connectivity index (χ3v) is 9.84. The second-order valence-electron chi connectivity index (χ2n) is 9.69. The van der Waals surface area contributed by atoms with Gasteiger partial charge in [-0.3, -0.25) is 4.79 Å². The summed E-state index contributed by atoms with van der Waals surface area (Å²) in [4.78, 5) is 12.5. The van der Waals surface area contributed by atoms with Crippen LogP contribution in [0.3, 0.4) is 0 Å². The first-order valence-corrected chi connectivity index (χ1v) is 13.6. The predicted octanol–water partition coefficient (Wildman–Crippen LogP) is 3.96. The van der Waals surface area contributed by atoms with E-state index in [1.807, 2.05) is 0 Å². The van der Waals surface area contributed by atoms with Crippen molar-refractivity contribution in [2.24, 2.45) is 11.8 Å². The molecule has 3 N–H and O–H groups in total. The number of ether oxygens (including phenoxy) is 1. The van der Waals surface area contributed by atoms with Crippen molar-refractivity contribution in [1.29, 1.82) is 0 Å². The lowest BCUT2D eigenvalue weighted by molar-refractivity contribution is -0.121. The predicted molar refractivity (Wildman–Crippen MR) is 130 cm³/mol. The molecule has 0 spiro atoms. The number of aliphatic hydroxyl groups excluding tert-OH is 1. The molecule has 0 heterocycles. The highest BCUT2D eigenvalue weighted by atomic mass is 35.5. The van der Waals surface area contributed by atoms with Gasteiger partial charge in [0.05, 0.1) is 40.1 Å². The van der Waals surface area contributed by atoms with Gasteiger partial charge in [-0.2, -0.15) is 0 Å². The van der Waals surface area contributed by atoms with Crippen LogP contribution in [0, 0.1) is 23.5 Å². The van der Waals surface area contributed by atoms with Crippen LogP contribution in [0.2, 0.25) is 5.02 Å². The number of halogens is 3. The summed E-state index contributed by atoms with van der Waals surface area (Å²) >= 11 is 6.25. The summed E-state index contributed by atoms with van der Waals surface area (Å²) in [6.45, 7) is 1.69. The van der Waals surface area contributed by atoms with Crippen molar-refractivity contribution in [3.05, 3.63) is 58.6 Å². The molecule has 2 fully saturated rings. The van der Waals surface area contributed by atoms with E-state index in [-0.39, 0.29) is 59.1 Å². The number of hydrogen-bond acceptors (Lipinski definition) is 6. The molecule has 2 aliphatic carbocycles. The largest absolute Gasteiger partial charge is 0.391 e. The molecule has 7 nitrogen and oxygen atoms in total. The maximum atomic E-state index is 13.6. The lowest BCUT2D eigenvalue weighted by atomic mass is 9.75. The van der Waals surface area contributed by atoms with Gasteiger partial charge in [-0.1, -0.05) is 11.6 Å². The Balaban J connectivity index is 1.53. The molecule has 196 valence electrons. The lowest BCUT2D eigenvalue weighted by Gasteiger charge is -2.42. The van der Waals surface area contributed by atoms with E-state index in [9.17, 15) is 32.2 Å². The van der Waals surface area contributed by atoms with Crippen molar-refractivity contribution < 1.29 is 36.9 Å². The summed E-state index contributed by atoms with van der Waals surface area (Å²) in [6, 6.07) is 6.72. The Kier molecular flexibility index (Phi) is 7.73. The van der Waals surface area contributed by atoms with E-state index < -0.39 is 44.3 Å². The first-order chi connectivity index (χ1) is 16.9. The van der Waals surface area contributed by atoms with E-state index >= 15 is 0 Å². The summed E-state index contributed by atoms with van der Waals surface area (Å²) in [5.74, 6) is -3.47. The van der Waals surface area contributed by atoms with Gasteiger partial charge in [0.2, 0.25) is 0 Å². The van der Waals surface area contributed by atoms with E-state index in [1.165, 1.54) is 24.3 Å². The van der Waals surface area contributed by atoms with E-state index in [2.05, 4.69) is 5.32 Å². The van der Waals surface area contributed by atoms with Gasteiger partial charge in [0, 0.05) is 17.3 Å². The SMILES string of the molecule is C[C@@H](O)COC[C@@]1(O)C2CC[C@H]1C[C@H](S(=O)(=O)c1cc(C(=O)Nc3ccc(F)c(F)c3)ccc1Cl)C2. The number of fused-ring (bicyclic) bond motifs is 2. The smallest absolute Gasteiger partial charge is 0.255 e. The fraction of sp³-hybridized carbons (Fsp3) is 0.480. The van der Waals surface area contributed by atoms with Crippen molar-refractivity contribution in [3.8, 4) is 0 Å². The molecule has 0 radical (unpaired) electrons. The normalized spacial score (nSPS) is 26.6. The van der Waals surface area contributed by atoms with E-state index in [1.54, 1.807) is 6.92 Å². The van der Waals surface area contributed by atoms with E-state index in [0.29, 0.717) is 12.8 Å². The molecule has 1 unspecified atom stereocenters. The maximum absolute atomic E-state index is 13.6. The summed E-state index contributed by atoms with van der Waals surface area (Å²) in [5, 5.41) is 22.3. The van der Waals surface area contributed by atoms with Crippen LogP contribution in [-0.4, -0.2) is 54.7 Å². The third kappa shape index (κ3) is 5.28. The Hall–Kier alpha value is -2.11. The Bertz CT molecular complexity index is 1240. The zero-order chi connectivity index (χ0) is 26.3. The highest BCUT2D eigenvalue weighted by molar-refractivity contribution is 7.92. The number of carbonyl (C=O) groups excluding carboxylic acids is 1. The minimum absolute atomic E-state index is 0.00971. The monoisotopic (exact) mass is 543 g/mol. The molecular weight excluding hydrogens is 516 g/mol. The van der Waals surface area contributed by atoms with Crippen molar-refractivity contribution >= 4 is 33.0 Å². The molecule has 0 aliphatic heterocycles. The van der Waals surface area contributed by atoms with Crippen LogP contribution in [0.4, 0.5) is 14.5 Å². The second kappa shape index (κ2) is 10.3. The number of aliphatic hydroxyl groups is 2. The molecule has 0 saturated heterocycles. The zero-order valence-corrected chi connectivity index (χ0v) is 21.2. The Morgan fingerprint density at radius 1 is 1.17 bits per heavy atom. The van der Waals surface area contributed by atoms with Gasteiger partial charge < -0.3 is 20.3 Å². The van der Waals surface area contributed by atoms with Crippen LogP contribution < -0.4 is 5.32 Å². The van der Waals surface area contributed by atoms with Gasteiger partial charge in [0.15, 0.2) is 21.5 Å². The topological polar surface area (TPSA) is 113 Å². The number of benzene rings is 2. The molecule has 1 amide bonds. The number of carbonyl (C=O) groups is 1. The molecule has 11 heteroatoms. The van der Waals surface area contributed by atoms with Crippen molar-refractivity contribution in [1.82, 2.24) is 0 Å². The third-order valence-electron chi connectivity index (χ3n) is 7.18. The van der Waals surface area contributed by atoms with Crippen LogP contribution in [0.25, 0.3) is 0 Å². The number of rotatable bonds is 8. The summed E-state index contributed by atoms with van der Waals surface area (Å²) in [5.41, 5.74) is -1.15. The van der Waals surface area contributed by atoms with E-state index in [4.69, 9.17) is 16.3 Å². The fourth-order valence-corrected chi connectivity index (χ4v) is 7.71. The van der Waals surface area contributed by atoms with Crippen molar-refractivity contribution in [2.75, 3.05) is 18.5 Å². The first kappa shape index (κ1) is 26.9. The molecule has 4 rings (SSSR count). The fourth-order valence-electron chi connectivity index (χ4n) is 5.31. The minimum Gasteiger partial charge on any atom is -0.391 e. The van der Waals surface area contributed by atoms with Crippen LogP contribution >= 0.6 is 11.6 Å². The average Bonchev–Trinajstić information content (AvgIpc) is 2.98. The van der Waals surface area contributed by atoms with Gasteiger partial charge in [-0.05, 0) is 74.8 Å². The number of sulfone groups is 1. The second-order valence-corrected chi connectivity index (χ2v) is 12.3. The average molecular weight is 544 g/mol. The maximum Gasteiger partial charge on any atom is 0.255 e. The molecule has 2 aliphatic rings. The van der Waals surface area contributed by atoms with Crippen LogP contribution in [0.15, 0.2) is 41.3 Å². The van der Waals surface area contributed by atoms with Gasteiger partial charge in [0.1, 0.15) is 0 Å². The van der Waals surface area contributed by atoms with Gasteiger partial charge in [-0.25, -0.2) is 17.2 Å². The molecule has 0 aromatic heterocycles. The van der Waals surface area contributed by atoms with Gasteiger partial charge in [-0.15, -0.1) is 0 Å². The number of hydrogen-bond donors (Lipinski definition) is 3. The summed E-state index contributed by atoms with van der Waals surface area (Å²) in [6.07, 6.45) is 1.09. The first-order valence-electron chi connectivity index (χ1n) is 11.7. The molecule has 36 heavy (non-hydrogen) atoms. The Morgan fingerprint density at radius 2 is 1.83 bits per heavy atom. The molecule has 5 atom stereocenters. The van der Waals surface area contributed by atoms with Crippen molar-refractivity contribution in [2.45, 2.75) is 54.5 Å². The van der Waals surface area contributed by atoms with Gasteiger partial charge >= 0.3 is 0 Å². The highest BCUT2D eigenvalue weighted by Gasteiger charge is 2.55. The van der Waals surface area contributed by atoms with Crippen LogP contribution in [0.1, 0.15) is 43.0 Å². The summed E-state index contributed by atoms with van der Waals surface area (Å²) in [7, 11) is -3.96. The molecular formula is C25H28ClF2NO6S. The van der Waals surface area contributed by atoms with Crippen molar-refractivity contribution in [3.63, 3.8) is 0 Å². The lowest BCUT2D eigenvalue weighted by Crippen LogP contribution is -2.51. The Morgan fingerprint density at radius 3 is 2.44 bits per heavy atom. The molecule has 2 aromatic rings. The standard InChI is InChI=1S/C25H28ClF2NO6S/c1-14(30)12-35-13-25(32)16-3-4-17(25)10-19(9-16)36(33,34)23-8-15(2-6-20(23)26)24(31)29-18-5-7-21(27)22(28)11-18/h2,5-8,11,14,16-17,19,30,32H,3-4,9-10,12-13H2,1H3,(H,29,31)/t14-,16+,17?,19+,25+/m1/s1. The van der Waals surface area contributed by atoms with Crippen LogP contribution in [-0.2, 0) is 14.6 Å². The number of anilines is 1. The van der Waals surface area contributed by atoms with Crippen LogP contribution in [0.5, 0.6) is 0 Å². The molecule has 2 saturated carbocycles.